The van der Waals surface area contributed by atoms with Crippen molar-refractivity contribution in [1.82, 2.24) is 15.1 Å². The maximum atomic E-state index is 12.3. The minimum absolute atomic E-state index is 0.0104. The molecule has 2 atom stereocenters. The van der Waals surface area contributed by atoms with E-state index in [0.717, 1.165) is 39.0 Å². The van der Waals surface area contributed by atoms with Crippen LogP contribution in [-0.4, -0.2) is 21.7 Å². The number of allylic oxidation sites excluding steroid dienone is 1. The zero-order valence-electron chi connectivity index (χ0n) is 16.1. The lowest BCUT2D eigenvalue weighted by molar-refractivity contribution is 0.0948. The van der Waals surface area contributed by atoms with Crippen molar-refractivity contribution in [1.29, 1.82) is 0 Å². The zero-order chi connectivity index (χ0) is 19.8. The molecule has 0 spiro atoms. The highest BCUT2D eigenvalue weighted by Crippen LogP contribution is 2.34. The zero-order valence-corrected chi connectivity index (χ0v) is 17.6. The molecule has 0 unspecified atom stereocenters. The number of rotatable bonds is 4. The number of carbonyl (C=O) groups excluding carboxylic acids is 1. The highest BCUT2D eigenvalue weighted by Gasteiger charge is 2.27. The first kappa shape index (κ1) is 19.0. The van der Waals surface area contributed by atoms with Gasteiger partial charge < -0.3 is 5.32 Å². The van der Waals surface area contributed by atoms with Crippen LogP contribution in [0, 0.1) is 20.8 Å². The summed E-state index contributed by atoms with van der Waals surface area (Å²) in [5, 5.41) is 10.5. The molecule has 3 aromatic rings. The fourth-order valence-corrected chi connectivity index (χ4v) is 4.63. The second kappa shape index (κ2) is 7.57. The van der Waals surface area contributed by atoms with E-state index in [1.54, 1.807) is 0 Å². The van der Waals surface area contributed by atoms with Crippen molar-refractivity contribution in [3.8, 4) is 5.69 Å². The number of benzene rings is 1. The van der Waals surface area contributed by atoms with Crippen molar-refractivity contribution in [3.63, 3.8) is 0 Å². The fourth-order valence-electron chi connectivity index (χ4n) is 3.82. The number of halogens is 1. The molecule has 144 valence electrons. The van der Waals surface area contributed by atoms with E-state index in [1.807, 2.05) is 54.2 Å². The predicted molar refractivity (Wildman–Crippen MR) is 115 cm³/mol. The molecule has 2 aromatic heterocycles. The standard InChI is InChI=1S/C22H22ClN3OS/c1-13-6-9-18(12-19(13)23)26-15(3)21(14(2)25-26)16-7-8-17(11-16)24-22(27)20-5-4-10-28-20/h4-10,12,16-17H,11H2,1-3H3,(H,24,27)/t16-,17+/m0/s1. The van der Waals surface area contributed by atoms with Gasteiger partial charge in [0.05, 0.1) is 16.3 Å². The Bertz CT molecular complexity index is 1050. The van der Waals surface area contributed by atoms with Crippen LogP contribution in [0.2, 0.25) is 5.02 Å². The number of aromatic nitrogens is 2. The Labute approximate surface area is 173 Å². The van der Waals surface area contributed by atoms with Crippen molar-refractivity contribution >= 4 is 28.8 Å². The van der Waals surface area contributed by atoms with Gasteiger partial charge in [-0.05, 0) is 56.3 Å². The summed E-state index contributed by atoms with van der Waals surface area (Å²) in [5.74, 6) is 0.229. The van der Waals surface area contributed by atoms with E-state index in [0.29, 0.717) is 0 Å². The van der Waals surface area contributed by atoms with E-state index in [1.165, 1.54) is 16.9 Å². The van der Waals surface area contributed by atoms with Crippen molar-refractivity contribution in [2.75, 3.05) is 0 Å². The van der Waals surface area contributed by atoms with Crippen molar-refractivity contribution in [2.24, 2.45) is 0 Å². The first-order valence-electron chi connectivity index (χ1n) is 9.29. The third-order valence-corrected chi connectivity index (χ3v) is 6.54. The summed E-state index contributed by atoms with van der Waals surface area (Å²) >= 11 is 7.77. The minimum atomic E-state index is -0.0104. The first-order valence-corrected chi connectivity index (χ1v) is 10.5. The number of amides is 1. The molecule has 1 aromatic carbocycles. The number of thiophene rings is 1. The maximum absolute atomic E-state index is 12.3. The Balaban J connectivity index is 1.54. The summed E-state index contributed by atoms with van der Waals surface area (Å²) in [6, 6.07) is 9.79. The summed E-state index contributed by atoms with van der Waals surface area (Å²) in [6.45, 7) is 6.13. The topological polar surface area (TPSA) is 46.9 Å². The molecule has 0 fully saturated rings. The van der Waals surface area contributed by atoms with Crippen LogP contribution in [0.15, 0.2) is 47.9 Å². The van der Waals surface area contributed by atoms with Gasteiger partial charge in [-0.15, -0.1) is 11.3 Å². The smallest absolute Gasteiger partial charge is 0.261 e. The van der Waals surface area contributed by atoms with Crippen molar-refractivity contribution in [3.05, 3.63) is 80.3 Å². The van der Waals surface area contributed by atoms with Gasteiger partial charge in [0.2, 0.25) is 0 Å². The van der Waals surface area contributed by atoms with Gasteiger partial charge in [-0.1, -0.05) is 35.9 Å². The molecule has 1 aliphatic rings. The van der Waals surface area contributed by atoms with Gasteiger partial charge in [-0.3, -0.25) is 4.79 Å². The Morgan fingerprint density at radius 1 is 1.25 bits per heavy atom. The Hall–Kier alpha value is -2.37. The predicted octanol–water partition coefficient (Wildman–Crippen LogP) is 5.35. The van der Waals surface area contributed by atoms with Gasteiger partial charge in [0.1, 0.15) is 0 Å². The van der Waals surface area contributed by atoms with Gasteiger partial charge in [-0.25, -0.2) is 4.68 Å². The summed E-state index contributed by atoms with van der Waals surface area (Å²) in [7, 11) is 0. The third kappa shape index (κ3) is 3.52. The van der Waals surface area contributed by atoms with E-state index >= 15 is 0 Å². The Morgan fingerprint density at radius 3 is 2.79 bits per heavy atom. The normalized spacial score (nSPS) is 18.6. The summed E-state index contributed by atoms with van der Waals surface area (Å²) < 4.78 is 1.96. The molecule has 0 radical (unpaired) electrons. The number of aryl methyl sites for hydroxylation is 2. The molecule has 0 aliphatic heterocycles. The Kier molecular flexibility index (Phi) is 5.13. The number of nitrogens with one attached hydrogen (secondary N) is 1. The summed E-state index contributed by atoms with van der Waals surface area (Å²) in [5.41, 5.74) is 5.36. The molecule has 4 rings (SSSR count). The molecule has 0 saturated carbocycles. The van der Waals surface area contributed by atoms with E-state index < -0.39 is 0 Å². The second-order valence-corrected chi connectivity index (χ2v) is 8.57. The van der Waals surface area contributed by atoms with Crippen LogP contribution >= 0.6 is 22.9 Å². The van der Waals surface area contributed by atoms with E-state index in [-0.39, 0.29) is 17.9 Å². The van der Waals surface area contributed by atoms with E-state index in [9.17, 15) is 4.79 Å². The van der Waals surface area contributed by atoms with Crippen LogP contribution in [0.1, 0.15) is 44.5 Å². The van der Waals surface area contributed by atoms with Crippen molar-refractivity contribution < 1.29 is 4.79 Å². The molecule has 1 N–H and O–H groups in total. The quantitative estimate of drug-likeness (QED) is 0.588. The highest BCUT2D eigenvalue weighted by atomic mass is 35.5. The molecular formula is C22H22ClN3OS. The average Bonchev–Trinajstić information content (AvgIpc) is 3.39. The SMILES string of the molecule is Cc1ccc(-n2nc(C)c([C@H]3C=C[C@@H](NC(=O)c4cccs4)C3)c2C)cc1Cl. The average molecular weight is 412 g/mol. The maximum Gasteiger partial charge on any atom is 0.261 e. The van der Waals surface area contributed by atoms with E-state index in [4.69, 9.17) is 16.7 Å². The lowest BCUT2D eigenvalue weighted by atomic mass is 9.96. The molecule has 2 heterocycles. The molecule has 4 nitrogen and oxygen atoms in total. The van der Waals surface area contributed by atoms with Crippen LogP contribution in [0.25, 0.3) is 5.69 Å². The molecule has 6 heteroatoms. The second-order valence-electron chi connectivity index (χ2n) is 7.21. The first-order chi connectivity index (χ1) is 13.4. The molecule has 0 saturated heterocycles. The minimum Gasteiger partial charge on any atom is -0.345 e. The summed E-state index contributed by atoms with van der Waals surface area (Å²) in [6.07, 6.45) is 5.12. The van der Waals surface area contributed by atoms with Crippen LogP contribution in [0.4, 0.5) is 0 Å². The number of carbonyl (C=O) groups is 1. The van der Waals surface area contributed by atoms with E-state index in [2.05, 4.69) is 24.4 Å². The summed E-state index contributed by atoms with van der Waals surface area (Å²) in [4.78, 5) is 13.1. The number of hydrogen-bond acceptors (Lipinski definition) is 3. The monoisotopic (exact) mass is 411 g/mol. The lowest BCUT2D eigenvalue weighted by Crippen LogP contribution is -2.32. The van der Waals surface area contributed by atoms with Crippen LogP contribution in [0.5, 0.6) is 0 Å². The lowest BCUT2D eigenvalue weighted by Gasteiger charge is -2.14. The molecular weight excluding hydrogens is 390 g/mol. The fraction of sp³-hybridized carbons (Fsp3) is 0.273. The van der Waals surface area contributed by atoms with Gasteiger partial charge >= 0.3 is 0 Å². The van der Waals surface area contributed by atoms with Gasteiger partial charge in [0.25, 0.3) is 5.91 Å². The molecule has 28 heavy (non-hydrogen) atoms. The number of hydrogen-bond donors (Lipinski definition) is 1. The van der Waals surface area contributed by atoms with Gasteiger partial charge in [0.15, 0.2) is 0 Å². The van der Waals surface area contributed by atoms with Crippen LogP contribution in [-0.2, 0) is 0 Å². The van der Waals surface area contributed by atoms with Crippen LogP contribution in [0.3, 0.4) is 0 Å². The van der Waals surface area contributed by atoms with Crippen LogP contribution < -0.4 is 5.32 Å². The molecule has 1 aliphatic carbocycles. The molecule has 0 bridgehead atoms. The molecule has 1 amide bonds. The highest BCUT2D eigenvalue weighted by molar-refractivity contribution is 7.12. The van der Waals surface area contributed by atoms with Gasteiger partial charge in [-0.2, -0.15) is 5.10 Å². The number of nitrogens with zero attached hydrogens (tertiary/aromatic N) is 2. The third-order valence-electron chi connectivity index (χ3n) is 5.26. The largest absolute Gasteiger partial charge is 0.345 e. The van der Waals surface area contributed by atoms with Crippen molar-refractivity contribution in [2.45, 2.75) is 39.2 Å². The Morgan fingerprint density at radius 2 is 2.07 bits per heavy atom. The van der Waals surface area contributed by atoms with Gasteiger partial charge in [0, 0.05) is 28.2 Å².